The molecule has 0 aliphatic carbocycles. The summed E-state index contributed by atoms with van der Waals surface area (Å²) >= 11 is 1.75. The van der Waals surface area contributed by atoms with Gasteiger partial charge in [0.1, 0.15) is 0 Å². The third-order valence-corrected chi connectivity index (χ3v) is 5.79. The van der Waals surface area contributed by atoms with Crippen molar-refractivity contribution in [3.63, 3.8) is 0 Å². The predicted molar refractivity (Wildman–Crippen MR) is 98.6 cm³/mol. The summed E-state index contributed by atoms with van der Waals surface area (Å²) < 4.78 is 0. The fourth-order valence-electron chi connectivity index (χ4n) is 3.11. The molecule has 2 heterocycles. The molecule has 0 amide bonds. The highest BCUT2D eigenvalue weighted by Crippen LogP contribution is 2.44. The van der Waals surface area contributed by atoms with Gasteiger partial charge in [-0.05, 0) is 31.3 Å². The Morgan fingerprint density at radius 2 is 1.79 bits per heavy atom. The largest absolute Gasteiger partial charge is 0.354 e. The minimum Gasteiger partial charge on any atom is -0.354 e. The van der Waals surface area contributed by atoms with E-state index in [4.69, 9.17) is 0 Å². The molecule has 0 bridgehead atoms. The molecule has 0 radical (unpaired) electrons. The number of ketones is 1. The number of likely N-dealkylation sites (N-methyl/N-ethyl adjacent to an activating group) is 1. The summed E-state index contributed by atoms with van der Waals surface area (Å²) in [6.45, 7) is 4.51. The molecule has 1 saturated heterocycles. The number of para-hydroxylation sites is 1. The SMILES string of the molecule is CN1CCN(CC(=O)c2ccc3c(c2)Nc2ccccc2S3)CC1. The monoisotopic (exact) mass is 339 g/mol. The van der Waals surface area contributed by atoms with Crippen LogP contribution in [-0.2, 0) is 0 Å². The van der Waals surface area contributed by atoms with E-state index in [1.54, 1.807) is 11.8 Å². The number of piperazine rings is 1. The second-order valence-electron chi connectivity index (χ2n) is 6.44. The first-order valence-electron chi connectivity index (χ1n) is 8.31. The van der Waals surface area contributed by atoms with Crippen molar-refractivity contribution in [1.82, 2.24) is 9.80 Å². The highest BCUT2D eigenvalue weighted by atomic mass is 32.2. The van der Waals surface area contributed by atoms with Crippen LogP contribution >= 0.6 is 11.8 Å². The van der Waals surface area contributed by atoms with E-state index < -0.39 is 0 Å². The molecular weight excluding hydrogens is 318 g/mol. The van der Waals surface area contributed by atoms with Gasteiger partial charge in [0, 0.05) is 41.5 Å². The molecule has 5 heteroatoms. The maximum absolute atomic E-state index is 12.6. The maximum atomic E-state index is 12.6. The van der Waals surface area contributed by atoms with Crippen LogP contribution in [0.1, 0.15) is 10.4 Å². The number of nitrogens with one attached hydrogen (secondary N) is 1. The zero-order valence-corrected chi connectivity index (χ0v) is 14.6. The van der Waals surface area contributed by atoms with Crippen molar-refractivity contribution in [2.24, 2.45) is 0 Å². The number of anilines is 2. The van der Waals surface area contributed by atoms with Crippen molar-refractivity contribution in [3.8, 4) is 0 Å². The molecule has 0 saturated carbocycles. The highest BCUT2D eigenvalue weighted by molar-refractivity contribution is 7.99. The van der Waals surface area contributed by atoms with E-state index in [0.717, 1.165) is 43.1 Å². The van der Waals surface area contributed by atoms with Gasteiger partial charge in [-0.15, -0.1) is 0 Å². The van der Waals surface area contributed by atoms with E-state index in [1.165, 1.54) is 9.79 Å². The smallest absolute Gasteiger partial charge is 0.176 e. The second-order valence-corrected chi connectivity index (χ2v) is 7.52. The Kier molecular flexibility index (Phi) is 4.31. The van der Waals surface area contributed by atoms with Crippen LogP contribution in [0.25, 0.3) is 0 Å². The van der Waals surface area contributed by atoms with Crippen LogP contribution in [0.5, 0.6) is 0 Å². The average Bonchev–Trinajstić information content (AvgIpc) is 2.61. The molecule has 24 heavy (non-hydrogen) atoms. The van der Waals surface area contributed by atoms with Crippen LogP contribution in [0.4, 0.5) is 11.4 Å². The Morgan fingerprint density at radius 1 is 1.04 bits per heavy atom. The molecule has 2 aliphatic heterocycles. The van der Waals surface area contributed by atoms with E-state index in [0.29, 0.717) is 6.54 Å². The van der Waals surface area contributed by atoms with E-state index >= 15 is 0 Å². The molecule has 0 aromatic heterocycles. The predicted octanol–water partition coefficient (Wildman–Crippen LogP) is 3.32. The number of benzene rings is 2. The molecule has 4 nitrogen and oxygen atoms in total. The lowest BCUT2D eigenvalue weighted by Crippen LogP contribution is -2.46. The summed E-state index contributed by atoms with van der Waals surface area (Å²) in [7, 11) is 2.13. The highest BCUT2D eigenvalue weighted by Gasteiger charge is 2.20. The number of fused-ring (bicyclic) bond motifs is 2. The number of rotatable bonds is 3. The molecule has 0 unspecified atom stereocenters. The van der Waals surface area contributed by atoms with Gasteiger partial charge in [-0.2, -0.15) is 0 Å². The van der Waals surface area contributed by atoms with Crippen LogP contribution in [0.15, 0.2) is 52.3 Å². The van der Waals surface area contributed by atoms with Crippen LogP contribution in [0, 0.1) is 0 Å². The van der Waals surface area contributed by atoms with Gasteiger partial charge in [0.25, 0.3) is 0 Å². The van der Waals surface area contributed by atoms with Crippen LogP contribution < -0.4 is 5.32 Å². The van der Waals surface area contributed by atoms with Gasteiger partial charge in [0.05, 0.1) is 17.9 Å². The Bertz CT molecular complexity index is 769. The topological polar surface area (TPSA) is 35.6 Å². The van der Waals surface area contributed by atoms with Crippen molar-refractivity contribution >= 4 is 28.9 Å². The first-order chi connectivity index (χ1) is 11.7. The lowest BCUT2D eigenvalue weighted by molar-refractivity contribution is 0.0876. The third kappa shape index (κ3) is 3.20. The van der Waals surface area contributed by atoms with Gasteiger partial charge < -0.3 is 10.2 Å². The quantitative estimate of drug-likeness (QED) is 0.741. The van der Waals surface area contributed by atoms with Crippen LogP contribution in [-0.4, -0.2) is 55.4 Å². The fraction of sp³-hybridized carbons (Fsp3) is 0.316. The molecule has 0 spiro atoms. The lowest BCUT2D eigenvalue weighted by atomic mass is 10.1. The fourth-order valence-corrected chi connectivity index (χ4v) is 4.08. The molecular formula is C19H21N3OS. The summed E-state index contributed by atoms with van der Waals surface area (Å²) in [6, 6.07) is 14.3. The molecule has 2 aromatic carbocycles. The van der Waals surface area contributed by atoms with E-state index in [1.807, 2.05) is 24.3 Å². The molecule has 1 fully saturated rings. The normalized spacial score (nSPS) is 17.7. The molecule has 1 N–H and O–H groups in total. The van der Waals surface area contributed by atoms with E-state index in [9.17, 15) is 4.79 Å². The molecule has 2 aromatic rings. The van der Waals surface area contributed by atoms with Crippen molar-refractivity contribution in [2.75, 3.05) is 45.1 Å². The van der Waals surface area contributed by atoms with Crippen molar-refractivity contribution < 1.29 is 4.79 Å². The molecule has 2 aliphatic rings. The number of hydrogen-bond donors (Lipinski definition) is 1. The minimum absolute atomic E-state index is 0.202. The molecule has 0 atom stereocenters. The number of Topliss-reactive ketones (excluding diaryl/α,β-unsaturated/α-hetero) is 1. The van der Waals surface area contributed by atoms with Gasteiger partial charge in [-0.25, -0.2) is 0 Å². The van der Waals surface area contributed by atoms with Crippen molar-refractivity contribution in [3.05, 3.63) is 48.0 Å². The van der Waals surface area contributed by atoms with Crippen LogP contribution in [0.3, 0.4) is 0 Å². The summed E-state index contributed by atoms with van der Waals surface area (Å²) in [4.78, 5) is 19.6. The minimum atomic E-state index is 0.202. The second kappa shape index (κ2) is 6.59. The van der Waals surface area contributed by atoms with Crippen LogP contribution in [0.2, 0.25) is 0 Å². The van der Waals surface area contributed by atoms with Gasteiger partial charge in [-0.3, -0.25) is 9.69 Å². The zero-order valence-electron chi connectivity index (χ0n) is 13.8. The van der Waals surface area contributed by atoms with Gasteiger partial charge in [0.15, 0.2) is 5.78 Å². The van der Waals surface area contributed by atoms with E-state index in [-0.39, 0.29) is 5.78 Å². The summed E-state index contributed by atoms with van der Waals surface area (Å²) in [5.74, 6) is 0.202. The van der Waals surface area contributed by atoms with Gasteiger partial charge in [-0.1, -0.05) is 30.0 Å². The first-order valence-corrected chi connectivity index (χ1v) is 9.13. The first kappa shape index (κ1) is 15.7. The average molecular weight is 339 g/mol. The molecule has 4 rings (SSSR count). The number of nitrogens with zero attached hydrogens (tertiary/aromatic N) is 2. The Labute approximate surface area is 146 Å². The Hall–Kier alpha value is -1.82. The Balaban J connectivity index is 1.49. The lowest BCUT2D eigenvalue weighted by Gasteiger charge is -2.31. The van der Waals surface area contributed by atoms with Crippen molar-refractivity contribution in [2.45, 2.75) is 9.79 Å². The molecule has 124 valence electrons. The Morgan fingerprint density at radius 3 is 2.62 bits per heavy atom. The number of hydrogen-bond acceptors (Lipinski definition) is 5. The third-order valence-electron chi connectivity index (χ3n) is 4.64. The maximum Gasteiger partial charge on any atom is 0.176 e. The van der Waals surface area contributed by atoms with Crippen molar-refractivity contribution in [1.29, 1.82) is 0 Å². The zero-order chi connectivity index (χ0) is 16.5. The number of carbonyl (C=O) groups is 1. The summed E-state index contributed by atoms with van der Waals surface area (Å²) in [6.07, 6.45) is 0. The van der Waals surface area contributed by atoms with Gasteiger partial charge in [0.2, 0.25) is 0 Å². The summed E-state index contributed by atoms with van der Waals surface area (Å²) in [5.41, 5.74) is 2.93. The van der Waals surface area contributed by atoms with E-state index in [2.05, 4.69) is 40.4 Å². The number of carbonyl (C=O) groups excluding carboxylic acids is 1. The summed E-state index contributed by atoms with van der Waals surface area (Å²) in [5, 5.41) is 3.45. The standard InChI is InChI=1S/C19H21N3OS/c1-21-8-10-22(11-9-21)13-17(23)14-6-7-19-16(12-14)20-15-4-2-3-5-18(15)24-19/h2-7,12,20H,8-11,13H2,1H3. The van der Waals surface area contributed by atoms with Gasteiger partial charge >= 0.3 is 0 Å².